The van der Waals surface area contributed by atoms with E-state index in [0.717, 1.165) is 123 Å². The molecule has 9 rings (SSSR count). The number of unbranched alkanes of at least 4 members (excludes halogenated alkanes) is 3. The van der Waals surface area contributed by atoms with Crippen molar-refractivity contribution in [2.45, 2.75) is 237 Å². The van der Waals surface area contributed by atoms with Crippen LogP contribution in [-0.2, 0) is 121 Å². The fourth-order valence-electron chi connectivity index (χ4n) is 16.8. The van der Waals surface area contributed by atoms with Gasteiger partial charge in [-0.25, -0.2) is 28.8 Å². The van der Waals surface area contributed by atoms with E-state index in [0.29, 0.717) is 150 Å². The molecule has 0 atom stereocenters. The molecule has 0 saturated carbocycles. The summed E-state index contributed by atoms with van der Waals surface area (Å²) in [6.07, 6.45) is 19.3. The molecule has 0 radical (unpaired) electrons. The molecule has 6 N–H and O–H groups in total. The number of carbonyl (C=O) groups is 6. The maximum Gasteiger partial charge on any atom is 0.333 e. The second-order valence-electron chi connectivity index (χ2n) is 38.3. The molecule has 0 amide bonds. The van der Waals surface area contributed by atoms with Gasteiger partial charge in [-0.15, -0.1) is 0 Å². The van der Waals surface area contributed by atoms with Crippen LogP contribution in [0.25, 0.3) is 66.8 Å². The van der Waals surface area contributed by atoms with Crippen LogP contribution >= 0.6 is 0 Å². The summed E-state index contributed by atoms with van der Waals surface area (Å²) >= 11 is 0. The van der Waals surface area contributed by atoms with Gasteiger partial charge in [0.2, 0.25) is 0 Å². The summed E-state index contributed by atoms with van der Waals surface area (Å²) in [7, 11) is 0. The van der Waals surface area contributed by atoms with Crippen LogP contribution in [-0.4, -0.2) is 166 Å². The molecule has 0 bridgehead atoms. The van der Waals surface area contributed by atoms with Crippen molar-refractivity contribution < 1.29 is 102 Å². The van der Waals surface area contributed by atoms with Gasteiger partial charge >= 0.3 is 35.8 Å². The summed E-state index contributed by atoms with van der Waals surface area (Å²) < 4.78 is 51.7. The van der Waals surface area contributed by atoms with Crippen LogP contribution < -0.4 is 14.2 Å². The van der Waals surface area contributed by atoms with Gasteiger partial charge in [0.15, 0.2) is 0 Å². The van der Waals surface area contributed by atoms with Gasteiger partial charge < -0.3 is 73.3 Å². The summed E-state index contributed by atoms with van der Waals surface area (Å²) in [5.74, 6) is -1.10. The minimum Gasteiger partial charge on any atom is -0.493 e. The highest BCUT2D eigenvalue weighted by molar-refractivity contribution is 5.90. The first-order valence-electron chi connectivity index (χ1n) is 52.4. The third-order valence-corrected chi connectivity index (χ3v) is 25.4. The Hall–Kier alpha value is -12.6. The molecule has 0 aliphatic heterocycles. The minimum atomic E-state index is -0.415. The molecule has 0 aromatic heterocycles. The van der Waals surface area contributed by atoms with E-state index in [2.05, 4.69) is 226 Å². The molecule has 0 aliphatic carbocycles. The van der Waals surface area contributed by atoms with E-state index in [9.17, 15) is 59.4 Å². The van der Waals surface area contributed by atoms with Crippen molar-refractivity contribution in [1.29, 1.82) is 0 Å². The second kappa shape index (κ2) is 66.6. The SMILES string of the molecule is C=C(C)C(=O)OCCCc1cc(-c2ccc(-c3ccc(C)cc3)cc2CCC)cc(CCCOC(=O)C(=C)C)c1OCCC(CO)CO.C=C(C)C(=O)OCCCc1cc(-c2ccc(-c3ccc(CCCCCC)cc3)cc2CC)cc(CCCOC(=O)C(=C)C)c1OCCC(CO)CO.C=C(C)C(=O)OCCCc1cc(-c2ccc(-c3ccccc3)cc2CCC)cc(CCCOC(=O)C(=C)C)c1OCCC(CO)CO. The first-order chi connectivity index (χ1) is 70.9. The Balaban J connectivity index is 0.000000299. The zero-order valence-electron chi connectivity index (χ0n) is 89.2. The molecule has 0 heterocycles. The van der Waals surface area contributed by atoms with Crippen molar-refractivity contribution in [1.82, 2.24) is 0 Å². The number of ether oxygens (including phenoxy) is 9. The van der Waals surface area contributed by atoms with E-state index in [1.807, 2.05) is 18.2 Å². The number of hydrogen-bond donors (Lipinski definition) is 6. The molecule has 0 aliphatic rings. The minimum absolute atomic E-state index is 0.125. The van der Waals surface area contributed by atoms with E-state index in [4.69, 9.17) is 42.6 Å². The average Bonchev–Trinajstić information content (AvgIpc) is 0.792. The highest BCUT2D eigenvalue weighted by atomic mass is 16.6. The van der Waals surface area contributed by atoms with Crippen molar-refractivity contribution in [2.24, 2.45) is 17.8 Å². The fraction of sp³-hybridized carbons (Fsp3) is 0.429. The third-order valence-electron chi connectivity index (χ3n) is 25.4. The van der Waals surface area contributed by atoms with E-state index in [1.165, 1.54) is 86.9 Å². The Morgan fingerprint density at radius 1 is 0.252 bits per heavy atom. The molecule has 792 valence electrons. The number of aryl methyl sites for hydroxylation is 11. The number of rotatable bonds is 64. The Labute approximate surface area is 874 Å². The molecule has 21 heteroatoms. The molecular formula is C126H162O21. The Morgan fingerprint density at radius 2 is 0.503 bits per heavy atom. The van der Waals surface area contributed by atoms with Gasteiger partial charge in [0.05, 0.1) is 59.5 Å². The lowest BCUT2D eigenvalue weighted by Crippen LogP contribution is -2.16. The van der Waals surface area contributed by atoms with Gasteiger partial charge in [-0.1, -0.05) is 238 Å². The highest BCUT2D eigenvalue weighted by Crippen LogP contribution is 2.42. The Kier molecular flexibility index (Phi) is 55.0. The maximum absolute atomic E-state index is 12.1. The van der Waals surface area contributed by atoms with E-state index in [-0.39, 0.29) is 97.0 Å². The van der Waals surface area contributed by atoms with Crippen molar-refractivity contribution in [3.63, 3.8) is 0 Å². The zero-order chi connectivity index (χ0) is 107. The van der Waals surface area contributed by atoms with Crippen LogP contribution in [0.4, 0.5) is 0 Å². The monoisotopic (exact) mass is 2010 g/mol. The number of esters is 6. The third kappa shape index (κ3) is 41.2. The first kappa shape index (κ1) is 121. The summed E-state index contributed by atoms with van der Waals surface area (Å²) in [5, 5.41) is 57.7. The normalized spacial score (nSPS) is 11.0. The molecule has 147 heavy (non-hydrogen) atoms. The van der Waals surface area contributed by atoms with Crippen LogP contribution in [0.5, 0.6) is 17.2 Å². The van der Waals surface area contributed by atoms with Crippen LogP contribution in [0.2, 0.25) is 0 Å². The predicted octanol–water partition coefficient (Wildman–Crippen LogP) is 24.4. The maximum atomic E-state index is 12.1. The first-order valence-corrected chi connectivity index (χ1v) is 52.4. The number of aliphatic hydroxyl groups excluding tert-OH is 6. The van der Waals surface area contributed by atoms with Crippen LogP contribution in [0, 0.1) is 24.7 Å². The number of aliphatic hydroxyl groups is 6. The predicted molar refractivity (Wildman–Crippen MR) is 590 cm³/mol. The molecule has 0 saturated heterocycles. The average molecular weight is 2010 g/mol. The van der Waals surface area contributed by atoms with Gasteiger partial charge in [-0.2, -0.15) is 0 Å². The summed E-state index contributed by atoms with van der Waals surface area (Å²) in [6.45, 7) is 44.3. The summed E-state index contributed by atoms with van der Waals surface area (Å²) in [4.78, 5) is 72.2. The van der Waals surface area contributed by atoms with E-state index >= 15 is 0 Å². The smallest absolute Gasteiger partial charge is 0.333 e. The Bertz CT molecular complexity index is 5560. The van der Waals surface area contributed by atoms with E-state index < -0.39 is 35.8 Å². The quantitative estimate of drug-likeness (QED) is 0.00893. The lowest BCUT2D eigenvalue weighted by molar-refractivity contribution is -0.139. The lowest BCUT2D eigenvalue weighted by Gasteiger charge is -2.21. The van der Waals surface area contributed by atoms with Crippen LogP contribution in [0.15, 0.2) is 243 Å². The van der Waals surface area contributed by atoms with Gasteiger partial charge in [0.25, 0.3) is 0 Å². The lowest BCUT2D eigenvalue weighted by atomic mass is 9.89. The molecule has 21 nitrogen and oxygen atoms in total. The highest BCUT2D eigenvalue weighted by Gasteiger charge is 2.25. The van der Waals surface area contributed by atoms with Crippen molar-refractivity contribution in [3.05, 3.63) is 304 Å². The zero-order valence-corrected chi connectivity index (χ0v) is 89.2. The standard InChI is InChI=1S/C45H60O7.C41H52O7.C40H50O7/c1-7-9-10-11-14-34-17-19-37(20-18-34)38-21-22-42(36(8-2)27-38)41-28-39(15-12-24-51-44(48)32(3)4)43(50-26-23-35(30-46)31-47)40(29-41)16-13-25-52-45(49)33(5)6;1-7-10-34-23-33(32-15-13-30(6)14-16-32)17-18-38(34)37-24-35(11-8-20-47-40(44)28(2)3)39(46-22-19-31(26-42)27-43)36(25-37)12-9-21-48-41(45)29(4)5;1-6-12-33-23-32(31-13-8-7-9-14-31)17-18-37(33)36-24-34(15-10-20-46-39(43)28(2)3)38(45-22-19-30(26-41)27-42)35(25-36)16-11-21-47-40(44)29(4)5/h17-22,27-29,35,46-47H,3,5,7-16,23-26,30-31H2,1-2,4,6H3;13-18,23-25,31,42-43H,2,4,7-12,19-22,26-27H2,1,3,5-6H3;7-9,13-14,17-18,23-25,30,41-42H,2,4,6,10-12,15-16,19-22,26-27H2,1,3,5H3. The molecule has 0 unspecified atom stereocenters. The summed E-state index contributed by atoms with van der Waals surface area (Å²) in [6, 6.07) is 60.8. The van der Waals surface area contributed by atoms with Gasteiger partial charge in [0.1, 0.15) is 17.2 Å². The molecule has 0 spiro atoms. The van der Waals surface area contributed by atoms with Crippen molar-refractivity contribution in [2.75, 3.05) is 99.1 Å². The van der Waals surface area contributed by atoms with Crippen LogP contribution in [0.3, 0.4) is 0 Å². The molecular weight excluding hydrogens is 1850 g/mol. The van der Waals surface area contributed by atoms with Gasteiger partial charge in [-0.3, -0.25) is 0 Å². The molecule has 0 fully saturated rings. The number of hydrogen-bond acceptors (Lipinski definition) is 21. The molecule has 9 aromatic rings. The number of benzene rings is 9. The van der Waals surface area contributed by atoms with Crippen molar-refractivity contribution in [3.8, 4) is 84.0 Å². The van der Waals surface area contributed by atoms with Crippen molar-refractivity contribution >= 4 is 35.8 Å². The second-order valence-corrected chi connectivity index (χ2v) is 38.3. The fourth-order valence-corrected chi connectivity index (χ4v) is 16.8. The topological polar surface area (TPSA) is 307 Å². The summed E-state index contributed by atoms with van der Waals surface area (Å²) in [5.41, 5.74) is 28.0. The van der Waals surface area contributed by atoms with Crippen LogP contribution in [0.1, 0.15) is 227 Å². The molecule has 9 aromatic carbocycles. The van der Waals surface area contributed by atoms with E-state index in [1.54, 1.807) is 41.5 Å². The largest absolute Gasteiger partial charge is 0.493 e. The number of carbonyl (C=O) groups excluding carboxylic acids is 6. The van der Waals surface area contributed by atoms with Gasteiger partial charge in [-0.05, 0) is 336 Å². The Morgan fingerprint density at radius 3 is 0.762 bits per heavy atom. The van der Waals surface area contributed by atoms with Gasteiger partial charge in [0, 0.05) is 90.8 Å².